The first-order valence-electron chi connectivity index (χ1n) is 6.26. The lowest BCUT2D eigenvalue weighted by Gasteiger charge is -2.19. The molecule has 1 nitrogen and oxygen atoms in total. The molecular formula is C14H21BrClN. The van der Waals surface area contributed by atoms with Crippen molar-refractivity contribution in [1.29, 1.82) is 0 Å². The van der Waals surface area contributed by atoms with Crippen molar-refractivity contribution in [3.8, 4) is 0 Å². The van der Waals surface area contributed by atoms with E-state index in [4.69, 9.17) is 11.6 Å². The normalized spacial score (nSPS) is 13.1. The van der Waals surface area contributed by atoms with Gasteiger partial charge >= 0.3 is 0 Å². The van der Waals surface area contributed by atoms with Gasteiger partial charge in [0.05, 0.1) is 0 Å². The van der Waals surface area contributed by atoms with Crippen LogP contribution in [0.2, 0.25) is 5.02 Å². The van der Waals surface area contributed by atoms with Crippen LogP contribution in [0, 0.1) is 5.92 Å². The number of hydrogen-bond donors (Lipinski definition) is 1. The highest BCUT2D eigenvalue weighted by atomic mass is 79.9. The van der Waals surface area contributed by atoms with E-state index >= 15 is 0 Å². The first kappa shape index (κ1) is 15.0. The van der Waals surface area contributed by atoms with Crippen molar-refractivity contribution in [2.24, 2.45) is 5.92 Å². The lowest BCUT2D eigenvalue weighted by molar-refractivity contribution is 0.422. The van der Waals surface area contributed by atoms with Crippen LogP contribution in [0.3, 0.4) is 0 Å². The molecule has 1 aromatic carbocycles. The zero-order valence-electron chi connectivity index (χ0n) is 10.8. The van der Waals surface area contributed by atoms with Crippen molar-refractivity contribution in [1.82, 2.24) is 5.32 Å². The number of halogens is 2. The molecule has 1 unspecified atom stereocenters. The van der Waals surface area contributed by atoms with Gasteiger partial charge in [-0.2, -0.15) is 0 Å². The summed E-state index contributed by atoms with van der Waals surface area (Å²) in [6, 6.07) is 6.37. The molecule has 1 atom stereocenters. The molecule has 0 fully saturated rings. The fourth-order valence-electron chi connectivity index (χ4n) is 1.88. The minimum Gasteiger partial charge on any atom is -0.310 e. The second kappa shape index (κ2) is 7.40. The summed E-state index contributed by atoms with van der Waals surface area (Å²) in [7, 11) is 0. The molecule has 0 aromatic heterocycles. The molecule has 0 heterocycles. The third kappa shape index (κ3) is 4.61. The fraction of sp³-hybridized carbons (Fsp3) is 0.571. The summed E-state index contributed by atoms with van der Waals surface area (Å²) in [4.78, 5) is 0. The van der Waals surface area contributed by atoms with E-state index in [2.05, 4.69) is 48.1 Å². The molecule has 1 N–H and O–H groups in total. The highest BCUT2D eigenvalue weighted by Crippen LogP contribution is 2.26. The molecule has 1 aromatic rings. The molecule has 0 saturated heterocycles. The van der Waals surface area contributed by atoms with E-state index in [1.807, 2.05) is 12.1 Å². The standard InChI is InChI=1S/C14H21BrClN/c1-4-11(5-2)9-17-10(3)13-7-6-12(15)8-14(13)16/h6-8,10-11,17H,4-5,9H2,1-3H3. The van der Waals surface area contributed by atoms with Crippen LogP contribution >= 0.6 is 27.5 Å². The van der Waals surface area contributed by atoms with Crippen molar-refractivity contribution in [2.45, 2.75) is 39.7 Å². The summed E-state index contributed by atoms with van der Waals surface area (Å²) in [6.45, 7) is 7.71. The van der Waals surface area contributed by atoms with Crippen molar-refractivity contribution in [3.05, 3.63) is 33.3 Å². The predicted molar refractivity (Wildman–Crippen MR) is 79.6 cm³/mol. The highest BCUT2D eigenvalue weighted by molar-refractivity contribution is 9.10. The molecule has 17 heavy (non-hydrogen) atoms. The van der Waals surface area contributed by atoms with Gasteiger partial charge in [0, 0.05) is 15.5 Å². The lowest BCUT2D eigenvalue weighted by Crippen LogP contribution is -2.25. The van der Waals surface area contributed by atoms with Gasteiger partial charge in [-0.3, -0.25) is 0 Å². The van der Waals surface area contributed by atoms with E-state index in [1.165, 1.54) is 18.4 Å². The Kier molecular flexibility index (Phi) is 6.53. The van der Waals surface area contributed by atoms with Gasteiger partial charge in [0.15, 0.2) is 0 Å². The van der Waals surface area contributed by atoms with Crippen LogP contribution in [-0.2, 0) is 0 Å². The smallest absolute Gasteiger partial charge is 0.0464 e. The van der Waals surface area contributed by atoms with Gasteiger partial charge in [0.1, 0.15) is 0 Å². The zero-order chi connectivity index (χ0) is 12.8. The van der Waals surface area contributed by atoms with Crippen LogP contribution < -0.4 is 5.32 Å². The lowest BCUT2D eigenvalue weighted by atomic mass is 10.0. The van der Waals surface area contributed by atoms with E-state index in [0.717, 1.165) is 22.0 Å². The quantitative estimate of drug-likeness (QED) is 0.761. The van der Waals surface area contributed by atoms with Crippen molar-refractivity contribution in [2.75, 3.05) is 6.54 Å². The average Bonchev–Trinajstić information content (AvgIpc) is 2.30. The maximum atomic E-state index is 6.24. The first-order valence-corrected chi connectivity index (χ1v) is 7.43. The summed E-state index contributed by atoms with van der Waals surface area (Å²) in [5.74, 6) is 0.756. The van der Waals surface area contributed by atoms with E-state index in [1.54, 1.807) is 0 Å². The summed E-state index contributed by atoms with van der Waals surface area (Å²) in [5.41, 5.74) is 1.17. The second-order valence-electron chi connectivity index (χ2n) is 4.48. The Morgan fingerprint density at radius 1 is 1.29 bits per heavy atom. The minimum atomic E-state index is 0.302. The summed E-state index contributed by atoms with van der Waals surface area (Å²) < 4.78 is 1.03. The highest BCUT2D eigenvalue weighted by Gasteiger charge is 2.11. The first-order chi connectivity index (χ1) is 8.08. The molecule has 0 bridgehead atoms. The van der Waals surface area contributed by atoms with Crippen LogP contribution in [-0.4, -0.2) is 6.54 Å². The van der Waals surface area contributed by atoms with E-state index in [0.29, 0.717) is 6.04 Å². The molecule has 0 aliphatic rings. The number of rotatable bonds is 6. The van der Waals surface area contributed by atoms with Crippen molar-refractivity contribution >= 4 is 27.5 Å². The zero-order valence-corrected chi connectivity index (χ0v) is 13.1. The molecule has 0 aliphatic carbocycles. The fourth-order valence-corrected chi connectivity index (χ4v) is 2.72. The van der Waals surface area contributed by atoms with Crippen LogP contribution in [0.25, 0.3) is 0 Å². The number of nitrogens with one attached hydrogen (secondary N) is 1. The molecule has 0 spiro atoms. The molecular weight excluding hydrogens is 298 g/mol. The number of benzene rings is 1. The van der Waals surface area contributed by atoms with Gasteiger partial charge < -0.3 is 5.32 Å². The van der Waals surface area contributed by atoms with Gasteiger partial charge in [-0.1, -0.05) is 60.3 Å². The molecule has 96 valence electrons. The average molecular weight is 319 g/mol. The van der Waals surface area contributed by atoms with Gasteiger partial charge in [-0.05, 0) is 37.1 Å². The Labute approximate surface area is 118 Å². The molecule has 0 aliphatic heterocycles. The molecule has 1 rings (SSSR count). The van der Waals surface area contributed by atoms with E-state index < -0.39 is 0 Å². The van der Waals surface area contributed by atoms with E-state index in [9.17, 15) is 0 Å². The maximum Gasteiger partial charge on any atom is 0.0464 e. The summed E-state index contributed by atoms with van der Waals surface area (Å²) in [5, 5.41) is 4.38. The van der Waals surface area contributed by atoms with Crippen molar-refractivity contribution < 1.29 is 0 Å². The van der Waals surface area contributed by atoms with Gasteiger partial charge in [-0.25, -0.2) is 0 Å². The van der Waals surface area contributed by atoms with Crippen LogP contribution in [0.4, 0.5) is 0 Å². The van der Waals surface area contributed by atoms with Crippen LogP contribution in [0.5, 0.6) is 0 Å². The largest absolute Gasteiger partial charge is 0.310 e. The molecule has 3 heteroatoms. The SMILES string of the molecule is CCC(CC)CNC(C)c1ccc(Br)cc1Cl. The number of hydrogen-bond acceptors (Lipinski definition) is 1. The van der Waals surface area contributed by atoms with Gasteiger partial charge in [0.25, 0.3) is 0 Å². The molecule has 0 saturated carbocycles. The Bertz CT molecular complexity index is 350. The van der Waals surface area contributed by atoms with Crippen LogP contribution in [0.15, 0.2) is 22.7 Å². The summed E-state index contributed by atoms with van der Waals surface area (Å²) >= 11 is 9.66. The summed E-state index contributed by atoms with van der Waals surface area (Å²) in [6.07, 6.45) is 2.45. The van der Waals surface area contributed by atoms with Gasteiger partial charge in [0.2, 0.25) is 0 Å². The Balaban J connectivity index is 2.60. The monoisotopic (exact) mass is 317 g/mol. The third-order valence-electron chi connectivity index (χ3n) is 3.30. The Hall–Kier alpha value is -0.0500. The van der Waals surface area contributed by atoms with Gasteiger partial charge in [-0.15, -0.1) is 0 Å². The molecule has 0 amide bonds. The maximum absolute atomic E-state index is 6.24. The third-order valence-corrected chi connectivity index (χ3v) is 4.12. The van der Waals surface area contributed by atoms with Crippen LogP contribution in [0.1, 0.15) is 45.2 Å². The minimum absolute atomic E-state index is 0.302. The Morgan fingerprint density at radius 2 is 1.94 bits per heavy atom. The van der Waals surface area contributed by atoms with E-state index in [-0.39, 0.29) is 0 Å². The predicted octanol–water partition coefficient (Wildman–Crippen LogP) is 5.19. The molecule has 0 radical (unpaired) electrons. The second-order valence-corrected chi connectivity index (χ2v) is 5.80. The topological polar surface area (TPSA) is 12.0 Å². The van der Waals surface area contributed by atoms with Crippen molar-refractivity contribution in [3.63, 3.8) is 0 Å². The Morgan fingerprint density at radius 3 is 2.47 bits per heavy atom.